The normalized spacial score (nSPS) is 32.1. The number of nitrogens with one attached hydrogen (secondary N) is 1. The number of fused-ring (bicyclic) bond motifs is 1. The molecule has 0 bridgehead atoms. The van der Waals surface area contributed by atoms with Gasteiger partial charge in [0.25, 0.3) is 0 Å². The third-order valence-corrected chi connectivity index (χ3v) is 10.4. The maximum Gasteiger partial charge on any atom is 0.325 e. The highest BCUT2D eigenvalue weighted by atomic mass is 28.4. The van der Waals surface area contributed by atoms with E-state index < -0.39 is 56.8 Å². The summed E-state index contributed by atoms with van der Waals surface area (Å²) in [5.41, 5.74) is 0. The lowest BCUT2D eigenvalue weighted by molar-refractivity contribution is -0.237. The van der Waals surface area contributed by atoms with E-state index >= 15 is 0 Å². The number of rotatable bonds is 7. The summed E-state index contributed by atoms with van der Waals surface area (Å²) in [5.74, 6) is -1.18. The Morgan fingerprint density at radius 3 is 2.18 bits per heavy atom. The fourth-order valence-corrected chi connectivity index (χ4v) is 4.73. The lowest BCUT2D eigenvalue weighted by atomic mass is 10.00. The van der Waals surface area contributed by atoms with Gasteiger partial charge in [-0.1, -0.05) is 20.8 Å². The number of ether oxygens (including phenoxy) is 5. The molecule has 0 spiro atoms. The Balaban J connectivity index is 2.42. The van der Waals surface area contributed by atoms with Gasteiger partial charge in [-0.2, -0.15) is 0 Å². The van der Waals surface area contributed by atoms with E-state index in [1.807, 2.05) is 13.8 Å². The van der Waals surface area contributed by atoms with E-state index in [0.717, 1.165) is 0 Å². The van der Waals surface area contributed by atoms with Crippen molar-refractivity contribution >= 4 is 14.3 Å². The maximum absolute atomic E-state index is 12.5. The molecule has 0 saturated carbocycles. The van der Waals surface area contributed by atoms with Crippen LogP contribution in [0.15, 0.2) is 0 Å². The number of carbonyl (C=O) groups excluding carboxylic acids is 1. The van der Waals surface area contributed by atoms with E-state index in [0.29, 0.717) is 0 Å². The van der Waals surface area contributed by atoms with Crippen molar-refractivity contribution in [2.24, 2.45) is 0 Å². The van der Waals surface area contributed by atoms with Crippen molar-refractivity contribution in [3.05, 3.63) is 0 Å². The van der Waals surface area contributed by atoms with Gasteiger partial charge in [0, 0.05) is 7.11 Å². The van der Waals surface area contributed by atoms with Crippen molar-refractivity contribution in [1.29, 1.82) is 0 Å². The summed E-state index contributed by atoms with van der Waals surface area (Å²) in [4.78, 5) is 12.5. The van der Waals surface area contributed by atoms with Crippen LogP contribution in [0.25, 0.3) is 0 Å². The molecule has 2 heterocycles. The van der Waals surface area contributed by atoms with Crippen LogP contribution in [0.4, 0.5) is 0 Å². The van der Waals surface area contributed by atoms with E-state index in [2.05, 4.69) is 39.2 Å². The molecule has 2 rings (SSSR count). The molecule has 0 amide bonds. The second-order valence-electron chi connectivity index (χ2n) is 9.40. The van der Waals surface area contributed by atoms with Gasteiger partial charge in [0.2, 0.25) is 0 Å². The van der Waals surface area contributed by atoms with E-state index in [-0.39, 0.29) is 5.04 Å². The molecular weight excluding hydrogens is 382 g/mol. The van der Waals surface area contributed by atoms with Crippen LogP contribution in [-0.2, 0) is 32.9 Å². The van der Waals surface area contributed by atoms with Gasteiger partial charge in [0.05, 0.1) is 7.11 Å². The van der Waals surface area contributed by atoms with E-state index in [1.54, 1.807) is 14.2 Å². The van der Waals surface area contributed by atoms with Crippen molar-refractivity contribution < 1.29 is 32.9 Å². The van der Waals surface area contributed by atoms with Gasteiger partial charge >= 0.3 is 5.97 Å². The standard InChI is InChI=1S/C19H37NO7Si/c1-18(2,3)28(9,10)27-12(11(20-6)16(21)22-7)13-14-15(17(23-8)24-13)26-19(4,5)25-14/h11-15,17,20H,1-10H3/t11-,12+,13+,14+,15+,17+/m0/s1. The molecule has 2 saturated heterocycles. The molecule has 0 aromatic rings. The largest absolute Gasteiger partial charge is 0.468 e. The van der Waals surface area contributed by atoms with Crippen LogP contribution < -0.4 is 5.32 Å². The van der Waals surface area contributed by atoms with E-state index in [9.17, 15) is 4.79 Å². The highest BCUT2D eigenvalue weighted by Crippen LogP contribution is 2.43. The summed E-state index contributed by atoms with van der Waals surface area (Å²) in [5, 5.41) is 2.99. The monoisotopic (exact) mass is 419 g/mol. The van der Waals surface area contributed by atoms with Crippen molar-refractivity contribution in [3.63, 3.8) is 0 Å². The third-order valence-electron chi connectivity index (χ3n) is 5.93. The van der Waals surface area contributed by atoms with Gasteiger partial charge < -0.3 is 33.4 Å². The minimum Gasteiger partial charge on any atom is -0.468 e. The van der Waals surface area contributed by atoms with Crippen molar-refractivity contribution in [1.82, 2.24) is 5.32 Å². The highest BCUT2D eigenvalue weighted by Gasteiger charge is 2.60. The molecule has 2 aliphatic rings. The molecule has 28 heavy (non-hydrogen) atoms. The lowest BCUT2D eigenvalue weighted by Gasteiger charge is -2.43. The van der Waals surface area contributed by atoms with Crippen molar-refractivity contribution in [2.45, 2.75) is 95.3 Å². The molecule has 2 fully saturated rings. The zero-order chi connectivity index (χ0) is 21.5. The first-order chi connectivity index (χ1) is 12.8. The molecule has 0 aromatic heterocycles. The summed E-state index contributed by atoms with van der Waals surface area (Å²) < 4.78 is 35.5. The average Bonchev–Trinajstić information content (AvgIpc) is 3.05. The van der Waals surface area contributed by atoms with Gasteiger partial charge in [-0.15, -0.1) is 0 Å². The molecule has 6 atom stereocenters. The van der Waals surface area contributed by atoms with E-state index in [1.165, 1.54) is 7.11 Å². The van der Waals surface area contributed by atoms with Crippen LogP contribution in [0.1, 0.15) is 34.6 Å². The van der Waals surface area contributed by atoms with Gasteiger partial charge in [0.1, 0.15) is 30.5 Å². The first kappa shape index (κ1) is 23.7. The molecule has 9 heteroatoms. The summed E-state index contributed by atoms with van der Waals surface area (Å²) in [7, 11) is 2.39. The molecule has 164 valence electrons. The summed E-state index contributed by atoms with van der Waals surface area (Å²) in [6.45, 7) is 14.4. The molecular formula is C19H37NO7Si. The smallest absolute Gasteiger partial charge is 0.325 e. The van der Waals surface area contributed by atoms with Gasteiger partial charge in [-0.05, 0) is 39.0 Å². The van der Waals surface area contributed by atoms with Gasteiger partial charge in [-0.25, -0.2) is 0 Å². The number of likely N-dealkylation sites (N-methyl/N-ethyl adjacent to an activating group) is 1. The number of hydrogen-bond donors (Lipinski definition) is 1. The predicted molar refractivity (Wildman–Crippen MR) is 106 cm³/mol. The Morgan fingerprint density at radius 1 is 1.14 bits per heavy atom. The molecule has 0 aliphatic carbocycles. The van der Waals surface area contributed by atoms with Gasteiger partial charge in [0.15, 0.2) is 20.4 Å². The first-order valence-electron chi connectivity index (χ1n) is 9.75. The lowest BCUT2D eigenvalue weighted by Crippen LogP contribution is -2.59. The topological polar surface area (TPSA) is 84.5 Å². The number of esters is 1. The molecule has 0 radical (unpaired) electrons. The molecule has 1 N–H and O–H groups in total. The second kappa shape index (κ2) is 8.29. The fraction of sp³-hybridized carbons (Fsp3) is 0.947. The molecule has 0 unspecified atom stereocenters. The number of carbonyl (C=O) groups is 1. The number of methoxy groups -OCH3 is 2. The Bertz CT molecular complexity index is 563. The van der Waals surface area contributed by atoms with Crippen LogP contribution in [0.2, 0.25) is 18.1 Å². The Morgan fingerprint density at radius 2 is 1.71 bits per heavy atom. The second-order valence-corrected chi connectivity index (χ2v) is 14.2. The molecule has 2 aliphatic heterocycles. The highest BCUT2D eigenvalue weighted by molar-refractivity contribution is 6.74. The van der Waals surface area contributed by atoms with Crippen molar-refractivity contribution in [2.75, 3.05) is 21.3 Å². The average molecular weight is 420 g/mol. The zero-order valence-corrected chi connectivity index (χ0v) is 19.8. The minimum absolute atomic E-state index is 0.0510. The zero-order valence-electron chi connectivity index (χ0n) is 18.8. The van der Waals surface area contributed by atoms with Crippen LogP contribution in [0, 0.1) is 0 Å². The third kappa shape index (κ3) is 4.61. The van der Waals surface area contributed by atoms with Crippen LogP contribution in [0.3, 0.4) is 0 Å². The SMILES string of the molecule is CN[C@H](C(=O)OC)[C@@H](O[Si](C)(C)C(C)(C)C)[C@H]1O[C@@H](OC)[C@@H]2OC(C)(C)O[C@H]12. The minimum atomic E-state index is -2.25. The summed E-state index contributed by atoms with van der Waals surface area (Å²) >= 11 is 0. The quantitative estimate of drug-likeness (QED) is 0.496. The van der Waals surface area contributed by atoms with Gasteiger partial charge in [-0.3, -0.25) is 4.79 Å². The van der Waals surface area contributed by atoms with Crippen molar-refractivity contribution in [3.8, 4) is 0 Å². The van der Waals surface area contributed by atoms with E-state index in [4.69, 9.17) is 28.1 Å². The maximum atomic E-state index is 12.5. The Hall–Kier alpha value is -0.553. The first-order valence-corrected chi connectivity index (χ1v) is 12.7. The Kier molecular flexibility index (Phi) is 7.03. The van der Waals surface area contributed by atoms with Crippen LogP contribution >= 0.6 is 0 Å². The number of hydrogen-bond acceptors (Lipinski definition) is 8. The summed E-state index contributed by atoms with van der Waals surface area (Å²) in [6, 6.07) is -0.715. The fourth-order valence-electron chi connectivity index (χ4n) is 3.43. The van der Waals surface area contributed by atoms with Crippen LogP contribution in [0.5, 0.6) is 0 Å². The van der Waals surface area contributed by atoms with Crippen LogP contribution in [-0.4, -0.2) is 78.1 Å². The molecule has 0 aromatic carbocycles. The molecule has 8 nitrogen and oxygen atoms in total. The predicted octanol–water partition coefficient (Wildman–Crippen LogP) is 2.03. The summed E-state index contributed by atoms with van der Waals surface area (Å²) in [6.07, 6.45) is -2.59. The Labute approximate surface area is 169 Å².